The third kappa shape index (κ3) is 5.82. The monoisotopic (exact) mass is 269 g/mol. The van der Waals surface area contributed by atoms with E-state index < -0.39 is 0 Å². The summed E-state index contributed by atoms with van der Waals surface area (Å²) in [5.74, 6) is 7.12. The van der Waals surface area contributed by atoms with Crippen LogP contribution in [0.4, 0.5) is 11.6 Å². The normalized spacial score (nSPS) is 13.9. The van der Waals surface area contributed by atoms with Crippen LogP contribution in [-0.4, -0.2) is 33.8 Å². The third-order valence-electron chi connectivity index (χ3n) is 2.44. The minimum Gasteiger partial charge on any atom is -0.393 e. The summed E-state index contributed by atoms with van der Waals surface area (Å²) in [4.78, 5) is 8.54. The number of hydrogen-bond donors (Lipinski definition) is 4. The van der Waals surface area contributed by atoms with Crippen LogP contribution < -0.4 is 16.6 Å². The lowest BCUT2D eigenvalue weighted by Gasteiger charge is -2.17. The molecule has 1 aromatic heterocycles. The number of ether oxygens (including phenoxy) is 1. The average molecular weight is 269 g/mol. The second kappa shape index (κ2) is 7.88. The van der Waals surface area contributed by atoms with Gasteiger partial charge in [-0.05, 0) is 27.2 Å². The highest BCUT2D eigenvalue weighted by molar-refractivity contribution is 5.47. The molecule has 2 unspecified atom stereocenters. The van der Waals surface area contributed by atoms with Gasteiger partial charge in [-0.1, -0.05) is 0 Å². The lowest BCUT2D eigenvalue weighted by Crippen LogP contribution is -2.22. The van der Waals surface area contributed by atoms with Gasteiger partial charge in [0.15, 0.2) is 5.82 Å². The molecule has 0 aromatic carbocycles. The van der Waals surface area contributed by atoms with Crippen LogP contribution in [0.25, 0.3) is 0 Å². The van der Waals surface area contributed by atoms with Crippen LogP contribution in [0.5, 0.6) is 0 Å². The van der Waals surface area contributed by atoms with Gasteiger partial charge >= 0.3 is 0 Å². The van der Waals surface area contributed by atoms with Gasteiger partial charge < -0.3 is 20.6 Å². The number of rotatable bonds is 8. The highest BCUT2D eigenvalue weighted by Crippen LogP contribution is 2.13. The molecule has 0 bridgehead atoms. The van der Waals surface area contributed by atoms with Gasteiger partial charge in [-0.15, -0.1) is 0 Å². The van der Waals surface area contributed by atoms with Crippen molar-refractivity contribution in [1.29, 1.82) is 0 Å². The Kier molecular flexibility index (Phi) is 6.48. The molecule has 0 saturated heterocycles. The van der Waals surface area contributed by atoms with Crippen LogP contribution in [0.1, 0.15) is 33.0 Å². The summed E-state index contributed by atoms with van der Waals surface area (Å²) in [5, 5.41) is 12.5. The third-order valence-corrected chi connectivity index (χ3v) is 2.44. The van der Waals surface area contributed by atoms with Crippen molar-refractivity contribution in [1.82, 2.24) is 9.97 Å². The van der Waals surface area contributed by atoms with E-state index in [1.165, 1.54) is 0 Å². The van der Waals surface area contributed by atoms with Gasteiger partial charge in [-0.2, -0.15) is 0 Å². The highest BCUT2D eigenvalue weighted by atomic mass is 16.5. The summed E-state index contributed by atoms with van der Waals surface area (Å²) in [6.45, 7) is 6.59. The number of anilines is 2. The molecule has 1 rings (SSSR count). The number of hydrazine groups is 1. The van der Waals surface area contributed by atoms with Crippen molar-refractivity contribution < 1.29 is 9.84 Å². The first-order valence-corrected chi connectivity index (χ1v) is 6.42. The first kappa shape index (κ1) is 15.6. The van der Waals surface area contributed by atoms with Crippen molar-refractivity contribution in [2.45, 2.75) is 45.9 Å². The SMILES string of the molecule is CCOCc1nc(NN)cc(NC(C)CC(C)O)n1. The van der Waals surface area contributed by atoms with E-state index in [2.05, 4.69) is 20.7 Å². The minimum absolute atomic E-state index is 0.0977. The molecule has 0 radical (unpaired) electrons. The van der Waals surface area contributed by atoms with E-state index in [0.29, 0.717) is 37.1 Å². The molecule has 19 heavy (non-hydrogen) atoms. The smallest absolute Gasteiger partial charge is 0.158 e. The second-order valence-electron chi connectivity index (χ2n) is 4.47. The summed E-state index contributed by atoms with van der Waals surface area (Å²) < 4.78 is 5.28. The predicted octanol–water partition coefficient (Wildman–Crippen LogP) is 0.870. The van der Waals surface area contributed by atoms with E-state index in [1.54, 1.807) is 13.0 Å². The van der Waals surface area contributed by atoms with Gasteiger partial charge in [-0.3, -0.25) is 0 Å². The Morgan fingerprint density at radius 3 is 2.63 bits per heavy atom. The Balaban J connectivity index is 2.75. The molecule has 0 aliphatic heterocycles. The second-order valence-corrected chi connectivity index (χ2v) is 4.47. The predicted molar refractivity (Wildman–Crippen MR) is 74.6 cm³/mol. The molecular formula is C12H23N5O2. The van der Waals surface area contributed by atoms with Gasteiger partial charge in [0.25, 0.3) is 0 Å². The molecule has 0 aliphatic carbocycles. The van der Waals surface area contributed by atoms with Gasteiger partial charge in [-0.25, -0.2) is 15.8 Å². The molecule has 7 heteroatoms. The van der Waals surface area contributed by atoms with Crippen LogP contribution in [0.15, 0.2) is 6.07 Å². The van der Waals surface area contributed by atoms with Crippen LogP contribution in [0.2, 0.25) is 0 Å². The average Bonchev–Trinajstić information content (AvgIpc) is 2.34. The summed E-state index contributed by atoms with van der Waals surface area (Å²) in [6.07, 6.45) is 0.273. The maximum atomic E-state index is 9.35. The topological polar surface area (TPSA) is 105 Å². The first-order chi connectivity index (χ1) is 9.05. The lowest BCUT2D eigenvalue weighted by atomic mass is 10.1. The number of nitrogens with one attached hydrogen (secondary N) is 2. The first-order valence-electron chi connectivity index (χ1n) is 6.42. The molecule has 0 fully saturated rings. The Morgan fingerprint density at radius 1 is 1.37 bits per heavy atom. The highest BCUT2D eigenvalue weighted by Gasteiger charge is 2.09. The van der Waals surface area contributed by atoms with E-state index in [4.69, 9.17) is 10.6 Å². The van der Waals surface area contributed by atoms with Crippen molar-refractivity contribution in [2.75, 3.05) is 17.3 Å². The molecule has 108 valence electrons. The van der Waals surface area contributed by atoms with Crippen LogP contribution in [0.3, 0.4) is 0 Å². The molecule has 0 saturated carbocycles. The number of hydrogen-bond acceptors (Lipinski definition) is 7. The summed E-state index contributed by atoms with van der Waals surface area (Å²) >= 11 is 0. The molecule has 2 atom stereocenters. The maximum absolute atomic E-state index is 9.35. The van der Waals surface area contributed by atoms with Crippen molar-refractivity contribution in [2.24, 2.45) is 5.84 Å². The lowest BCUT2D eigenvalue weighted by molar-refractivity contribution is 0.128. The Labute approximate surface area is 113 Å². The summed E-state index contributed by atoms with van der Waals surface area (Å²) in [5.41, 5.74) is 2.50. The van der Waals surface area contributed by atoms with E-state index in [-0.39, 0.29) is 12.1 Å². The molecule has 1 aromatic rings. The standard InChI is InChI=1S/C12H23N5O2/c1-4-19-7-12-15-10(6-11(16-12)17-13)14-8(2)5-9(3)18/h6,8-9,18H,4-5,7,13H2,1-3H3,(H2,14,15,16,17). The van der Waals surface area contributed by atoms with E-state index in [9.17, 15) is 5.11 Å². The van der Waals surface area contributed by atoms with Crippen LogP contribution in [0, 0.1) is 0 Å². The number of nitrogens with zero attached hydrogens (tertiary/aromatic N) is 2. The number of aromatic nitrogens is 2. The molecule has 0 amide bonds. The van der Waals surface area contributed by atoms with Gasteiger partial charge in [0.1, 0.15) is 18.2 Å². The minimum atomic E-state index is -0.362. The van der Waals surface area contributed by atoms with E-state index >= 15 is 0 Å². The molecule has 0 spiro atoms. The van der Waals surface area contributed by atoms with Crippen LogP contribution >= 0.6 is 0 Å². The molecule has 5 N–H and O–H groups in total. The number of nitrogens with two attached hydrogens (primary N) is 1. The Hall–Kier alpha value is -1.44. The molecular weight excluding hydrogens is 246 g/mol. The van der Waals surface area contributed by atoms with Gasteiger partial charge in [0.2, 0.25) is 0 Å². The summed E-state index contributed by atoms with van der Waals surface area (Å²) in [6, 6.07) is 1.81. The molecule has 1 heterocycles. The quantitative estimate of drug-likeness (QED) is 0.410. The zero-order valence-corrected chi connectivity index (χ0v) is 11.7. The van der Waals surface area contributed by atoms with E-state index in [0.717, 1.165) is 0 Å². The zero-order chi connectivity index (χ0) is 14.3. The Morgan fingerprint density at radius 2 is 2.05 bits per heavy atom. The zero-order valence-electron chi connectivity index (χ0n) is 11.7. The van der Waals surface area contributed by atoms with Gasteiger partial charge in [0.05, 0.1) is 6.10 Å². The number of aliphatic hydroxyl groups excluding tert-OH is 1. The van der Waals surface area contributed by atoms with Crippen LogP contribution in [-0.2, 0) is 11.3 Å². The fourth-order valence-corrected chi connectivity index (χ4v) is 1.73. The summed E-state index contributed by atoms with van der Waals surface area (Å²) in [7, 11) is 0. The number of nitrogen functional groups attached to an aromatic ring is 1. The molecule has 7 nitrogen and oxygen atoms in total. The molecule has 0 aliphatic rings. The fourth-order valence-electron chi connectivity index (χ4n) is 1.73. The number of aliphatic hydroxyl groups is 1. The largest absolute Gasteiger partial charge is 0.393 e. The maximum Gasteiger partial charge on any atom is 0.158 e. The van der Waals surface area contributed by atoms with Crippen molar-refractivity contribution in [3.05, 3.63) is 11.9 Å². The van der Waals surface area contributed by atoms with Crippen molar-refractivity contribution >= 4 is 11.6 Å². The Bertz CT molecular complexity index is 386. The van der Waals surface area contributed by atoms with Crippen molar-refractivity contribution in [3.8, 4) is 0 Å². The fraction of sp³-hybridized carbons (Fsp3) is 0.667. The van der Waals surface area contributed by atoms with Crippen molar-refractivity contribution in [3.63, 3.8) is 0 Å². The van der Waals surface area contributed by atoms with E-state index in [1.807, 2.05) is 13.8 Å². The van der Waals surface area contributed by atoms with Gasteiger partial charge in [0, 0.05) is 18.7 Å².